The number of methoxy groups -OCH3 is 2. The molecule has 0 radical (unpaired) electrons. The van der Waals surface area contributed by atoms with E-state index >= 15 is 0 Å². The van der Waals surface area contributed by atoms with Crippen molar-refractivity contribution in [3.63, 3.8) is 0 Å². The van der Waals surface area contributed by atoms with Crippen LogP contribution >= 0.6 is 11.6 Å². The number of aromatic nitrogens is 2. The Kier molecular flexibility index (Phi) is 6.61. The van der Waals surface area contributed by atoms with Crippen molar-refractivity contribution in [1.29, 1.82) is 0 Å². The van der Waals surface area contributed by atoms with E-state index < -0.39 is 0 Å². The Bertz CT molecular complexity index is 1000. The molecule has 29 heavy (non-hydrogen) atoms. The summed E-state index contributed by atoms with van der Waals surface area (Å²) in [5, 5.41) is 7.73. The normalized spacial score (nSPS) is 10.5. The summed E-state index contributed by atoms with van der Waals surface area (Å²) in [7, 11) is 3.17. The van der Waals surface area contributed by atoms with Gasteiger partial charge < -0.3 is 19.5 Å². The van der Waals surface area contributed by atoms with Gasteiger partial charge in [0.25, 0.3) is 5.91 Å². The van der Waals surface area contributed by atoms with Crippen molar-refractivity contribution in [2.24, 2.45) is 0 Å². The maximum Gasteiger partial charge on any atom is 0.263 e. The maximum absolute atomic E-state index is 12.3. The minimum absolute atomic E-state index is 0.129. The lowest BCUT2D eigenvalue weighted by Gasteiger charge is -2.14. The average Bonchev–Trinajstić information content (AvgIpc) is 3.13. The molecule has 0 spiro atoms. The molecule has 0 saturated heterocycles. The zero-order valence-corrected chi connectivity index (χ0v) is 17.2. The molecule has 3 aromatic rings. The third-order valence-electron chi connectivity index (χ3n) is 4.28. The van der Waals surface area contributed by atoms with Crippen LogP contribution in [0.2, 0.25) is 5.02 Å². The van der Waals surface area contributed by atoms with Crippen molar-refractivity contribution in [3.8, 4) is 17.2 Å². The van der Waals surface area contributed by atoms with E-state index in [9.17, 15) is 4.79 Å². The van der Waals surface area contributed by atoms with Gasteiger partial charge in [-0.2, -0.15) is 5.10 Å². The summed E-state index contributed by atoms with van der Waals surface area (Å²) in [5.74, 6) is 2.13. The van der Waals surface area contributed by atoms with E-state index in [2.05, 4.69) is 10.4 Å². The van der Waals surface area contributed by atoms with Gasteiger partial charge >= 0.3 is 0 Å². The van der Waals surface area contributed by atoms with Crippen LogP contribution in [0.1, 0.15) is 11.1 Å². The number of hydrogen-bond acceptors (Lipinski definition) is 5. The summed E-state index contributed by atoms with van der Waals surface area (Å²) < 4.78 is 18.1. The first-order valence-corrected chi connectivity index (χ1v) is 9.30. The minimum atomic E-state index is -0.293. The van der Waals surface area contributed by atoms with Gasteiger partial charge in [-0.1, -0.05) is 23.7 Å². The van der Waals surface area contributed by atoms with Crippen LogP contribution in [-0.2, 0) is 11.3 Å². The highest BCUT2D eigenvalue weighted by atomic mass is 35.5. The number of aryl methyl sites for hydroxylation is 1. The second-order valence-electron chi connectivity index (χ2n) is 6.27. The van der Waals surface area contributed by atoms with Crippen molar-refractivity contribution in [1.82, 2.24) is 9.78 Å². The van der Waals surface area contributed by atoms with E-state index in [1.165, 1.54) is 0 Å². The molecule has 1 aromatic heterocycles. The van der Waals surface area contributed by atoms with Crippen LogP contribution < -0.4 is 19.5 Å². The fourth-order valence-corrected chi connectivity index (χ4v) is 3.13. The predicted octanol–water partition coefficient (Wildman–Crippen LogP) is 3.93. The van der Waals surface area contributed by atoms with Crippen LogP contribution in [0, 0.1) is 6.92 Å². The Morgan fingerprint density at radius 2 is 1.97 bits per heavy atom. The van der Waals surface area contributed by atoms with Gasteiger partial charge in [0.15, 0.2) is 18.1 Å². The monoisotopic (exact) mass is 415 g/mol. The van der Waals surface area contributed by atoms with Crippen molar-refractivity contribution >= 4 is 23.3 Å². The third kappa shape index (κ3) is 5.00. The molecule has 1 heterocycles. The molecule has 152 valence electrons. The van der Waals surface area contributed by atoms with E-state index in [4.69, 9.17) is 25.8 Å². The van der Waals surface area contributed by atoms with Crippen molar-refractivity contribution in [3.05, 3.63) is 64.8 Å². The first-order chi connectivity index (χ1) is 14.0. The highest BCUT2D eigenvalue weighted by Crippen LogP contribution is 2.31. The summed E-state index contributed by atoms with van der Waals surface area (Å²) in [4.78, 5) is 12.3. The number of anilines is 1. The van der Waals surface area contributed by atoms with Crippen LogP contribution in [0.25, 0.3) is 0 Å². The third-order valence-corrected chi connectivity index (χ3v) is 4.52. The predicted molar refractivity (Wildman–Crippen MR) is 111 cm³/mol. The Labute approximate surface area is 174 Å². The van der Waals surface area contributed by atoms with E-state index in [1.807, 2.05) is 25.1 Å². The minimum Gasteiger partial charge on any atom is -0.493 e. The number of nitrogens with one attached hydrogen (secondary N) is 1. The smallest absolute Gasteiger partial charge is 0.263 e. The van der Waals surface area contributed by atoms with Gasteiger partial charge in [-0.15, -0.1) is 0 Å². The lowest BCUT2D eigenvalue weighted by Crippen LogP contribution is -2.22. The molecule has 0 fully saturated rings. The molecule has 0 aliphatic heterocycles. The largest absolute Gasteiger partial charge is 0.493 e. The topological polar surface area (TPSA) is 74.6 Å². The summed E-state index contributed by atoms with van der Waals surface area (Å²) in [5.41, 5.74) is 1.74. The maximum atomic E-state index is 12.3. The fraction of sp³-hybridized carbons (Fsp3) is 0.238. The van der Waals surface area contributed by atoms with Gasteiger partial charge in [-0.25, -0.2) is 4.68 Å². The van der Waals surface area contributed by atoms with Crippen molar-refractivity contribution < 1.29 is 19.0 Å². The number of para-hydroxylation sites is 1. The Balaban J connectivity index is 1.67. The Morgan fingerprint density at radius 1 is 1.14 bits per heavy atom. The summed E-state index contributed by atoms with van der Waals surface area (Å²) >= 11 is 5.94. The standard InChI is InChI=1S/C21H22ClN3O4/c1-14-11-16(22)7-8-17(14)29-13-20(26)24-19-9-10-23-25(19)12-15-5-4-6-18(27-2)21(15)28-3/h4-11H,12-13H2,1-3H3,(H,24,26). The van der Waals surface area contributed by atoms with Crippen LogP contribution in [0.15, 0.2) is 48.7 Å². The molecule has 3 rings (SSSR count). The summed E-state index contributed by atoms with van der Waals surface area (Å²) in [6.45, 7) is 2.14. The summed E-state index contributed by atoms with van der Waals surface area (Å²) in [6, 6.07) is 12.6. The fourth-order valence-electron chi connectivity index (χ4n) is 2.90. The van der Waals surface area contributed by atoms with Gasteiger partial charge in [0.05, 0.1) is 27.0 Å². The van der Waals surface area contributed by atoms with Crippen molar-refractivity contribution in [2.75, 3.05) is 26.1 Å². The highest BCUT2D eigenvalue weighted by molar-refractivity contribution is 6.30. The SMILES string of the molecule is COc1cccc(Cn2nccc2NC(=O)COc2ccc(Cl)cc2C)c1OC. The molecule has 0 atom stereocenters. The van der Waals surface area contributed by atoms with E-state index in [0.29, 0.717) is 34.6 Å². The number of carbonyl (C=O) groups excluding carboxylic acids is 1. The lowest BCUT2D eigenvalue weighted by atomic mass is 10.2. The van der Waals surface area contributed by atoms with Gasteiger partial charge in [0.2, 0.25) is 0 Å². The van der Waals surface area contributed by atoms with Gasteiger partial charge in [-0.05, 0) is 36.8 Å². The molecule has 1 amide bonds. The van der Waals surface area contributed by atoms with Gasteiger partial charge in [0, 0.05) is 16.7 Å². The van der Waals surface area contributed by atoms with Crippen LogP contribution in [0.4, 0.5) is 5.82 Å². The molecular weight excluding hydrogens is 394 g/mol. The van der Waals surface area contributed by atoms with E-state index in [1.54, 1.807) is 49.4 Å². The first-order valence-electron chi connectivity index (χ1n) is 8.92. The molecule has 0 saturated carbocycles. The van der Waals surface area contributed by atoms with E-state index in [-0.39, 0.29) is 12.5 Å². The quantitative estimate of drug-likeness (QED) is 0.603. The number of amides is 1. The molecule has 8 heteroatoms. The lowest BCUT2D eigenvalue weighted by molar-refractivity contribution is -0.118. The highest BCUT2D eigenvalue weighted by Gasteiger charge is 2.14. The zero-order valence-electron chi connectivity index (χ0n) is 16.4. The molecular formula is C21H22ClN3O4. The molecule has 0 aliphatic carbocycles. The molecule has 0 unspecified atom stereocenters. The average molecular weight is 416 g/mol. The van der Waals surface area contributed by atoms with Gasteiger partial charge in [0.1, 0.15) is 11.6 Å². The number of halogens is 1. The van der Waals surface area contributed by atoms with Crippen LogP contribution in [-0.4, -0.2) is 36.5 Å². The van der Waals surface area contributed by atoms with Gasteiger partial charge in [-0.3, -0.25) is 4.79 Å². The van der Waals surface area contributed by atoms with E-state index in [0.717, 1.165) is 11.1 Å². The van der Waals surface area contributed by atoms with Crippen LogP contribution in [0.5, 0.6) is 17.2 Å². The molecule has 1 N–H and O–H groups in total. The number of benzene rings is 2. The number of nitrogens with zero attached hydrogens (tertiary/aromatic N) is 2. The van der Waals surface area contributed by atoms with Crippen LogP contribution in [0.3, 0.4) is 0 Å². The second-order valence-corrected chi connectivity index (χ2v) is 6.71. The molecule has 0 aliphatic rings. The second kappa shape index (κ2) is 9.34. The molecule has 7 nitrogen and oxygen atoms in total. The first kappa shape index (κ1) is 20.5. The number of carbonyl (C=O) groups is 1. The summed E-state index contributed by atoms with van der Waals surface area (Å²) in [6.07, 6.45) is 1.62. The zero-order chi connectivity index (χ0) is 20.8. The number of hydrogen-bond donors (Lipinski definition) is 1. The Morgan fingerprint density at radius 3 is 2.69 bits per heavy atom. The number of ether oxygens (including phenoxy) is 3. The molecule has 0 bridgehead atoms. The molecule has 2 aromatic carbocycles. The Hall–Kier alpha value is -3.19. The number of rotatable bonds is 8. The van der Waals surface area contributed by atoms with Crippen molar-refractivity contribution in [2.45, 2.75) is 13.5 Å².